The van der Waals surface area contributed by atoms with Gasteiger partial charge in [0.25, 0.3) is 5.91 Å². The minimum Gasteiger partial charge on any atom is -0.497 e. The maximum atomic E-state index is 12.9. The summed E-state index contributed by atoms with van der Waals surface area (Å²) in [5, 5.41) is 2.76. The van der Waals surface area contributed by atoms with Crippen molar-refractivity contribution < 1.29 is 19.1 Å². The van der Waals surface area contributed by atoms with Crippen molar-refractivity contribution in [1.29, 1.82) is 0 Å². The van der Waals surface area contributed by atoms with Gasteiger partial charge >= 0.3 is 6.03 Å². The molecule has 1 aliphatic heterocycles. The first-order chi connectivity index (χ1) is 14.3. The van der Waals surface area contributed by atoms with E-state index in [1.165, 1.54) is 4.90 Å². The van der Waals surface area contributed by atoms with E-state index in [-0.39, 0.29) is 18.4 Å². The molecule has 0 bridgehead atoms. The summed E-state index contributed by atoms with van der Waals surface area (Å²) in [4.78, 5) is 40.5. The number of ether oxygens (including phenoxy) is 1. The third-order valence-electron chi connectivity index (χ3n) is 5.40. The summed E-state index contributed by atoms with van der Waals surface area (Å²) in [5.41, 5.74) is 0.987. The molecule has 1 saturated heterocycles. The van der Waals surface area contributed by atoms with Crippen molar-refractivity contribution in [3.8, 4) is 5.75 Å². The van der Waals surface area contributed by atoms with Crippen LogP contribution in [0.25, 0.3) is 0 Å². The van der Waals surface area contributed by atoms with E-state index in [0.29, 0.717) is 19.4 Å². The quantitative estimate of drug-likeness (QED) is 0.680. The highest BCUT2D eigenvalue weighted by Crippen LogP contribution is 2.24. The van der Waals surface area contributed by atoms with Crippen molar-refractivity contribution >= 4 is 17.8 Å². The normalized spacial score (nSPS) is 18.3. The van der Waals surface area contributed by atoms with E-state index in [1.807, 2.05) is 54.6 Å². The Morgan fingerprint density at radius 3 is 2.37 bits per heavy atom. The number of methoxy groups -OCH3 is 1. The van der Waals surface area contributed by atoms with Crippen LogP contribution in [0.5, 0.6) is 5.75 Å². The monoisotopic (exact) mass is 409 g/mol. The molecule has 0 saturated carbocycles. The van der Waals surface area contributed by atoms with Crippen LogP contribution < -0.4 is 10.1 Å². The highest BCUT2D eigenvalue weighted by atomic mass is 16.5. The van der Waals surface area contributed by atoms with Crippen LogP contribution in [0.1, 0.15) is 24.5 Å². The average molecular weight is 409 g/mol. The molecule has 0 spiro atoms. The number of likely N-dealkylation sites (N-methyl/N-ethyl adjacent to an activating group) is 1. The van der Waals surface area contributed by atoms with Gasteiger partial charge in [-0.05, 0) is 43.0 Å². The summed E-state index contributed by atoms with van der Waals surface area (Å²) in [6.07, 6.45) is 1.05. The highest BCUT2D eigenvalue weighted by molar-refractivity contribution is 6.08. The van der Waals surface area contributed by atoms with Crippen LogP contribution in [0.3, 0.4) is 0 Å². The number of aryl methyl sites for hydroxylation is 1. The Labute approximate surface area is 176 Å². The largest absolute Gasteiger partial charge is 0.497 e. The Bertz CT molecular complexity index is 914. The van der Waals surface area contributed by atoms with Crippen LogP contribution in [0.2, 0.25) is 0 Å². The number of amides is 4. The lowest BCUT2D eigenvalue weighted by atomic mass is 9.93. The topological polar surface area (TPSA) is 79.0 Å². The standard InChI is InChI=1S/C23H27N3O4/c1-23(14-13-17-9-11-19(30-3)12-10-17)21(28)26(22(29)24-23)16-20(27)25(2)15-18-7-5-4-6-8-18/h4-12H,13-16H2,1-3H3,(H,24,29). The zero-order valence-corrected chi connectivity index (χ0v) is 17.6. The molecular weight excluding hydrogens is 382 g/mol. The lowest BCUT2D eigenvalue weighted by molar-refractivity contribution is -0.138. The third-order valence-corrected chi connectivity index (χ3v) is 5.40. The fraction of sp³-hybridized carbons (Fsp3) is 0.348. The predicted octanol–water partition coefficient (Wildman–Crippen LogP) is 2.60. The first-order valence-corrected chi connectivity index (χ1v) is 9.87. The van der Waals surface area contributed by atoms with E-state index < -0.39 is 11.6 Å². The maximum absolute atomic E-state index is 12.9. The average Bonchev–Trinajstić information content (AvgIpc) is 2.96. The van der Waals surface area contributed by atoms with Gasteiger partial charge in [0.1, 0.15) is 17.8 Å². The fourth-order valence-electron chi connectivity index (χ4n) is 3.45. The minimum absolute atomic E-state index is 0.272. The zero-order chi connectivity index (χ0) is 21.7. The molecule has 1 N–H and O–H groups in total. The minimum atomic E-state index is -1.03. The molecule has 2 aromatic carbocycles. The molecule has 2 aromatic rings. The third kappa shape index (κ3) is 4.79. The summed E-state index contributed by atoms with van der Waals surface area (Å²) >= 11 is 0. The van der Waals surface area contributed by atoms with Crippen molar-refractivity contribution in [3.63, 3.8) is 0 Å². The molecule has 1 atom stereocenters. The Hall–Kier alpha value is -3.35. The number of hydrogen-bond acceptors (Lipinski definition) is 4. The molecule has 3 rings (SSSR count). The van der Waals surface area contributed by atoms with Crippen LogP contribution in [0.15, 0.2) is 54.6 Å². The van der Waals surface area contributed by atoms with E-state index in [2.05, 4.69) is 5.32 Å². The molecule has 158 valence electrons. The molecule has 0 radical (unpaired) electrons. The van der Waals surface area contributed by atoms with Gasteiger partial charge in [0.15, 0.2) is 0 Å². The molecule has 30 heavy (non-hydrogen) atoms. The van der Waals surface area contributed by atoms with Gasteiger partial charge in [0.05, 0.1) is 7.11 Å². The highest BCUT2D eigenvalue weighted by Gasteiger charge is 2.48. The summed E-state index contributed by atoms with van der Waals surface area (Å²) < 4.78 is 5.15. The smallest absolute Gasteiger partial charge is 0.325 e. The molecule has 1 heterocycles. The van der Waals surface area contributed by atoms with Gasteiger partial charge in [-0.15, -0.1) is 0 Å². The summed E-state index contributed by atoms with van der Waals surface area (Å²) in [6.45, 7) is 1.85. The van der Waals surface area contributed by atoms with Gasteiger partial charge in [-0.3, -0.25) is 14.5 Å². The van der Waals surface area contributed by atoms with E-state index in [4.69, 9.17) is 4.74 Å². The number of benzene rings is 2. The molecule has 0 aliphatic carbocycles. The number of imide groups is 1. The molecule has 1 fully saturated rings. The fourth-order valence-corrected chi connectivity index (χ4v) is 3.45. The van der Waals surface area contributed by atoms with E-state index in [0.717, 1.165) is 21.8 Å². The van der Waals surface area contributed by atoms with Crippen molar-refractivity contribution in [2.24, 2.45) is 0 Å². The van der Waals surface area contributed by atoms with Crippen LogP contribution in [-0.4, -0.2) is 53.9 Å². The molecule has 4 amide bonds. The molecule has 1 aliphatic rings. The van der Waals surface area contributed by atoms with Crippen molar-refractivity contribution in [3.05, 3.63) is 65.7 Å². The number of urea groups is 1. The maximum Gasteiger partial charge on any atom is 0.325 e. The SMILES string of the molecule is COc1ccc(CCC2(C)NC(=O)N(CC(=O)N(C)Cc3ccccc3)C2=O)cc1. The number of rotatable bonds is 8. The van der Waals surface area contributed by atoms with Crippen molar-refractivity contribution in [2.75, 3.05) is 20.7 Å². The van der Waals surface area contributed by atoms with Crippen LogP contribution >= 0.6 is 0 Å². The molecule has 0 aromatic heterocycles. The molecule has 1 unspecified atom stereocenters. The Balaban J connectivity index is 1.59. The second-order valence-electron chi connectivity index (χ2n) is 7.74. The van der Waals surface area contributed by atoms with Crippen molar-refractivity contribution in [2.45, 2.75) is 31.8 Å². The first kappa shape index (κ1) is 21.4. The van der Waals surface area contributed by atoms with Crippen molar-refractivity contribution in [1.82, 2.24) is 15.1 Å². The lowest BCUT2D eigenvalue weighted by Crippen LogP contribution is -2.45. The Morgan fingerprint density at radius 1 is 1.07 bits per heavy atom. The summed E-state index contributed by atoms with van der Waals surface area (Å²) in [5.74, 6) is 0.101. The van der Waals surface area contributed by atoms with Gasteiger partial charge in [-0.1, -0.05) is 42.5 Å². The van der Waals surface area contributed by atoms with Crippen LogP contribution in [0.4, 0.5) is 4.79 Å². The van der Waals surface area contributed by atoms with E-state index in [9.17, 15) is 14.4 Å². The van der Waals surface area contributed by atoms with Crippen LogP contribution in [-0.2, 0) is 22.6 Å². The second-order valence-corrected chi connectivity index (χ2v) is 7.74. The Kier molecular flexibility index (Phi) is 6.40. The summed E-state index contributed by atoms with van der Waals surface area (Å²) in [7, 11) is 3.27. The molecule has 7 heteroatoms. The number of hydrogen-bond donors (Lipinski definition) is 1. The molecule has 7 nitrogen and oxygen atoms in total. The van der Waals surface area contributed by atoms with Gasteiger partial charge in [-0.25, -0.2) is 4.79 Å². The molecular formula is C23H27N3O4. The second kappa shape index (κ2) is 8.98. The van der Waals surface area contributed by atoms with E-state index >= 15 is 0 Å². The van der Waals surface area contributed by atoms with Gasteiger partial charge in [0.2, 0.25) is 5.91 Å². The number of carbonyl (C=O) groups excluding carboxylic acids is 3. The first-order valence-electron chi connectivity index (χ1n) is 9.87. The van der Waals surface area contributed by atoms with Gasteiger partial charge < -0.3 is 15.0 Å². The van der Waals surface area contributed by atoms with Gasteiger partial charge in [-0.2, -0.15) is 0 Å². The number of nitrogens with zero attached hydrogens (tertiary/aromatic N) is 2. The summed E-state index contributed by atoms with van der Waals surface area (Å²) in [6, 6.07) is 16.6. The van der Waals surface area contributed by atoms with Gasteiger partial charge in [0, 0.05) is 13.6 Å². The Morgan fingerprint density at radius 2 is 1.73 bits per heavy atom. The lowest BCUT2D eigenvalue weighted by Gasteiger charge is -2.23. The van der Waals surface area contributed by atoms with E-state index in [1.54, 1.807) is 21.1 Å². The zero-order valence-electron chi connectivity index (χ0n) is 17.6. The van der Waals surface area contributed by atoms with Crippen LogP contribution in [0, 0.1) is 0 Å². The predicted molar refractivity (Wildman–Crippen MR) is 113 cm³/mol. The number of carbonyl (C=O) groups is 3. The number of nitrogens with one attached hydrogen (secondary N) is 1.